The zero-order chi connectivity index (χ0) is 14.8. The van der Waals surface area contributed by atoms with Crippen molar-refractivity contribution in [2.75, 3.05) is 0 Å². The molecule has 5 fully saturated rings. The fraction of sp³-hybridized carbons (Fsp3) is 1.00. The van der Waals surface area contributed by atoms with Gasteiger partial charge in [-0.3, -0.25) is 0 Å². The molecule has 21 heavy (non-hydrogen) atoms. The lowest BCUT2D eigenvalue weighted by molar-refractivity contribution is -0.0727. The number of rotatable bonds is 3. The first-order valence-electron chi connectivity index (χ1n) is 9.61. The maximum absolute atomic E-state index is 4.14. The second-order valence-electron chi connectivity index (χ2n) is 10.3. The largest absolute Gasteiger partial charge is 0.311 e. The van der Waals surface area contributed by atoms with Crippen LogP contribution < -0.4 is 5.32 Å². The molecule has 0 aromatic carbocycles. The van der Waals surface area contributed by atoms with Crippen LogP contribution in [0.25, 0.3) is 0 Å². The summed E-state index contributed by atoms with van der Waals surface area (Å²) in [6.07, 6.45) is 12.1. The average Bonchev–Trinajstić information content (AvgIpc) is 2.60. The number of nitrogens with one attached hydrogen (secondary N) is 1. The third kappa shape index (κ3) is 2.48. The maximum atomic E-state index is 4.14. The van der Waals surface area contributed by atoms with Crippen LogP contribution in [0.1, 0.15) is 79.1 Å². The Balaban J connectivity index is 1.47. The van der Waals surface area contributed by atoms with Gasteiger partial charge in [-0.1, -0.05) is 20.8 Å². The van der Waals surface area contributed by atoms with E-state index in [4.69, 9.17) is 0 Å². The van der Waals surface area contributed by atoms with Gasteiger partial charge in [-0.05, 0) is 92.8 Å². The minimum absolute atomic E-state index is 0.554. The van der Waals surface area contributed by atoms with Gasteiger partial charge in [0.25, 0.3) is 0 Å². The van der Waals surface area contributed by atoms with Gasteiger partial charge in [-0.2, -0.15) is 0 Å². The van der Waals surface area contributed by atoms with Gasteiger partial charge in [0.2, 0.25) is 0 Å². The lowest BCUT2D eigenvalue weighted by Crippen LogP contribution is -2.56. The highest BCUT2D eigenvalue weighted by atomic mass is 15.0. The molecule has 4 bridgehead atoms. The molecule has 5 rings (SSSR count). The van der Waals surface area contributed by atoms with Crippen molar-refractivity contribution in [2.24, 2.45) is 34.5 Å². The zero-order valence-corrected chi connectivity index (χ0v) is 14.6. The van der Waals surface area contributed by atoms with E-state index in [1.165, 1.54) is 12.8 Å². The van der Waals surface area contributed by atoms with E-state index in [2.05, 4.69) is 33.0 Å². The van der Waals surface area contributed by atoms with Gasteiger partial charge >= 0.3 is 0 Å². The Morgan fingerprint density at radius 3 is 1.81 bits per heavy atom. The van der Waals surface area contributed by atoms with E-state index in [0.29, 0.717) is 10.8 Å². The van der Waals surface area contributed by atoms with Crippen LogP contribution in [0.5, 0.6) is 0 Å². The molecule has 0 spiro atoms. The van der Waals surface area contributed by atoms with Crippen molar-refractivity contribution in [3.63, 3.8) is 0 Å². The van der Waals surface area contributed by atoms with Crippen LogP contribution in [-0.2, 0) is 0 Å². The summed E-state index contributed by atoms with van der Waals surface area (Å²) in [5.41, 5.74) is 1.22. The number of hydrogen-bond donors (Lipinski definition) is 1. The maximum Gasteiger partial charge on any atom is 0.0101 e. The van der Waals surface area contributed by atoms with E-state index < -0.39 is 0 Å². The van der Waals surface area contributed by atoms with E-state index in [0.717, 1.165) is 35.8 Å². The van der Waals surface area contributed by atoms with E-state index in [1.807, 2.05) is 0 Å². The van der Waals surface area contributed by atoms with Gasteiger partial charge in [-0.25, -0.2) is 0 Å². The minimum Gasteiger partial charge on any atom is -0.311 e. The molecule has 5 aliphatic carbocycles. The molecule has 3 unspecified atom stereocenters. The molecule has 0 amide bonds. The lowest BCUT2D eigenvalue weighted by Gasteiger charge is -2.59. The van der Waals surface area contributed by atoms with Crippen molar-refractivity contribution in [1.29, 1.82) is 0 Å². The molecule has 1 N–H and O–H groups in total. The van der Waals surface area contributed by atoms with Crippen molar-refractivity contribution < 1.29 is 0 Å². The van der Waals surface area contributed by atoms with E-state index >= 15 is 0 Å². The second-order valence-corrected chi connectivity index (χ2v) is 10.3. The molecule has 0 aromatic rings. The molecule has 3 atom stereocenters. The van der Waals surface area contributed by atoms with Gasteiger partial charge in [0.15, 0.2) is 0 Å². The SMILES string of the molecule is CC1CC(C)(C)CC1NC(C)C12CC3CC(CC(C3)C1)C2. The predicted molar refractivity (Wildman–Crippen MR) is 89.2 cm³/mol. The molecular weight excluding hydrogens is 254 g/mol. The normalized spacial score (nSPS) is 52.3. The zero-order valence-electron chi connectivity index (χ0n) is 14.6. The Morgan fingerprint density at radius 1 is 0.857 bits per heavy atom. The molecule has 0 aliphatic heterocycles. The summed E-state index contributed by atoms with van der Waals surface area (Å²) in [6, 6.07) is 1.51. The monoisotopic (exact) mass is 289 g/mol. The van der Waals surface area contributed by atoms with Gasteiger partial charge in [-0.15, -0.1) is 0 Å². The first-order chi connectivity index (χ1) is 9.85. The Labute approximate surface area is 131 Å². The molecular formula is C20H35N. The first-order valence-corrected chi connectivity index (χ1v) is 9.61. The van der Waals surface area contributed by atoms with E-state index in [-0.39, 0.29) is 0 Å². The average molecular weight is 290 g/mol. The van der Waals surface area contributed by atoms with Crippen LogP contribution in [-0.4, -0.2) is 12.1 Å². The van der Waals surface area contributed by atoms with Gasteiger partial charge in [0.05, 0.1) is 0 Å². The molecule has 1 heteroatoms. The summed E-state index contributed by atoms with van der Waals surface area (Å²) in [5.74, 6) is 4.10. The Hall–Kier alpha value is -0.0400. The molecule has 5 saturated carbocycles. The predicted octanol–water partition coefficient (Wildman–Crippen LogP) is 5.01. The fourth-order valence-electron chi connectivity index (χ4n) is 7.32. The highest BCUT2D eigenvalue weighted by molar-refractivity contribution is 5.06. The summed E-state index contributed by atoms with van der Waals surface area (Å²) < 4.78 is 0. The topological polar surface area (TPSA) is 12.0 Å². The van der Waals surface area contributed by atoms with Crippen molar-refractivity contribution in [2.45, 2.75) is 91.1 Å². The summed E-state index contributed by atoms with van der Waals surface area (Å²) in [7, 11) is 0. The molecule has 0 saturated heterocycles. The van der Waals surface area contributed by atoms with Crippen LogP contribution in [0.3, 0.4) is 0 Å². The Kier molecular flexibility index (Phi) is 3.27. The lowest BCUT2D eigenvalue weighted by atomic mass is 9.48. The summed E-state index contributed by atoms with van der Waals surface area (Å²) >= 11 is 0. The van der Waals surface area contributed by atoms with Crippen LogP contribution in [0.15, 0.2) is 0 Å². The summed E-state index contributed by atoms with van der Waals surface area (Å²) in [4.78, 5) is 0. The quantitative estimate of drug-likeness (QED) is 0.770. The minimum atomic E-state index is 0.554. The van der Waals surface area contributed by atoms with Crippen LogP contribution in [0.2, 0.25) is 0 Å². The molecule has 120 valence electrons. The molecule has 1 nitrogen and oxygen atoms in total. The van der Waals surface area contributed by atoms with Gasteiger partial charge < -0.3 is 5.32 Å². The second kappa shape index (κ2) is 4.73. The third-order valence-corrected chi connectivity index (χ3v) is 7.80. The molecule has 0 radical (unpaired) electrons. The molecule has 0 aromatic heterocycles. The van der Waals surface area contributed by atoms with Gasteiger partial charge in [0, 0.05) is 12.1 Å². The van der Waals surface area contributed by atoms with Crippen molar-refractivity contribution in [1.82, 2.24) is 5.32 Å². The van der Waals surface area contributed by atoms with Crippen LogP contribution in [0.4, 0.5) is 0 Å². The fourth-order valence-corrected chi connectivity index (χ4v) is 7.32. The van der Waals surface area contributed by atoms with Crippen molar-refractivity contribution >= 4 is 0 Å². The Morgan fingerprint density at radius 2 is 1.38 bits per heavy atom. The van der Waals surface area contributed by atoms with Gasteiger partial charge in [0.1, 0.15) is 0 Å². The summed E-state index contributed by atoms with van der Waals surface area (Å²) in [5, 5.41) is 4.14. The highest BCUT2D eigenvalue weighted by Gasteiger charge is 2.53. The van der Waals surface area contributed by atoms with Crippen molar-refractivity contribution in [3.8, 4) is 0 Å². The van der Waals surface area contributed by atoms with Crippen LogP contribution >= 0.6 is 0 Å². The third-order valence-electron chi connectivity index (χ3n) is 7.80. The van der Waals surface area contributed by atoms with E-state index in [9.17, 15) is 0 Å². The van der Waals surface area contributed by atoms with E-state index in [1.54, 1.807) is 38.5 Å². The Bertz CT molecular complexity index is 375. The smallest absolute Gasteiger partial charge is 0.0101 e. The highest BCUT2D eigenvalue weighted by Crippen LogP contribution is 2.61. The standard InChI is InChI=1S/C20H35N/c1-13-8-19(3,4)12-18(13)21-14(2)20-9-15-5-16(10-20)7-17(6-15)11-20/h13-18,21H,5-12H2,1-4H3. The first kappa shape index (κ1) is 14.5. The summed E-state index contributed by atoms with van der Waals surface area (Å²) in [6.45, 7) is 9.92. The molecule has 0 heterocycles. The number of hydrogen-bond acceptors (Lipinski definition) is 1. The van der Waals surface area contributed by atoms with Crippen LogP contribution in [0, 0.1) is 34.5 Å². The molecule has 5 aliphatic rings. The van der Waals surface area contributed by atoms with Crippen molar-refractivity contribution in [3.05, 3.63) is 0 Å².